The summed E-state index contributed by atoms with van der Waals surface area (Å²) in [6, 6.07) is -0.0492. The normalized spacial score (nSPS) is 25.5. The molecule has 2 unspecified atom stereocenters. The molecule has 0 aliphatic heterocycles. The van der Waals surface area contributed by atoms with Gasteiger partial charge >= 0.3 is 5.97 Å². The summed E-state index contributed by atoms with van der Waals surface area (Å²) in [7, 11) is 0. The number of amides is 1. The molecule has 1 aliphatic carbocycles. The Morgan fingerprint density at radius 1 is 1.18 bits per heavy atom. The van der Waals surface area contributed by atoms with Crippen molar-refractivity contribution < 1.29 is 14.3 Å². The number of nitrogens with one attached hydrogen (secondary N) is 1. The van der Waals surface area contributed by atoms with E-state index < -0.39 is 0 Å². The highest BCUT2D eigenvalue weighted by molar-refractivity contribution is 5.77. The number of carbonyl (C=O) groups excluding carboxylic acids is 2. The van der Waals surface area contributed by atoms with Crippen LogP contribution in [0.2, 0.25) is 0 Å². The molecule has 98 valence electrons. The zero-order valence-electron chi connectivity index (χ0n) is 10.8. The smallest absolute Gasteiger partial charge is 0.311 e. The van der Waals surface area contributed by atoms with Crippen LogP contribution >= 0.6 is 0 Å². The molecule has 1 amide bonds. The van der Waals surface area contributed by atoms with E-state index in [1.807, 2.05) is 6.92 Å². The van der Waals surface area contributed by atoms with Crippen molar-refractivity contribution in [1.29, 1.82) is 0 Å². The molecule has 17 heavy (non-hydrogen) atoms. The van der Waals surface area contributed by atoms with Crippen LogP contribution in [-0.4, -0.2) is 24.5 Å². The molecule has 1 N–H and O–H groups in total. The summed E-state index contributed by atoms with van der Waals surface area (Å²) in [4.78, 5) is 23.1. The summed E-state index contributed by atoms with van der Waals surface area (Å²) in [5.41, 5.74) is 0. The lowest BCUT2D eigenvalue weighted by Crippen LogP contribution is -2.43. The van der Waals surface area contributed by atoms with Crippen molar-refractivity contribution >= 4 is 11.9 Å². The SMILES string of the molecule is CCOC(=O)C1CCCCCCC1NC(C)=O. The Kier molecular flexibility index (Phi) is 6.01. The first-order valence-corrected chi connectivity index (χ1v) is 6.59. The largest absolute Gasteiger partial charge is 0.466 e. The van der Waals surface area contributed by atoms with E-state index >= 15 is 0 Å². The molecule has 4 heteroatoms. The van der Waals surface area contributed by atoms with Crippen molar-refractivity contribution in [3.05, 3.63) is 0 Å². The minimum atomic E-state index is -0.167. The van der Waals surface area contributed by atoms with Gasteiger partial charge in [0.05, 0.1) is 12.5 Å². The van der Waals surface area contributed by atoms with Gasteiger partial charge in [0.1, 0.15) is 0 Å². The van der Waals surface area contributed by atoms with Crippen LogP contribution in [-0.2, 0) is 14.3 Å². The van der Waals surface area contributed by atoms with Gasteiger partial charge in [-0.2, -0.15) is 0 Å². The van der Waals surface area contributed by atoms with Gasteiger partial charge in [0, 0.05) is 13.0 Å². The Morgan fingerprint density at radius 3 is 2.41 bits per heavy atom. The fourth-order valence-corrected chi connectivity index (χ4v) is 2.45. The molecule has 0 spiro atoms. The third kappa shape index (κ3) is 4.75. The quantitative estimate of drug-likeness (QED) is 0.769. The molecule has 1 aliphatic rings. The maximum atomic E-state index is 11.9. The zero-order valence-corrected chi connectivity index (χ0v) is 10.8. The number of ether oxygens (including phenoxy) is 1. The minimum Gasteiger partial charge on any atom is -0.466 e. The van der Waals surface area contributed by atoms with Crippen LogP contribution in [0.25, 0.3) is 0 Å². The molecule has 0 aromatic rings. The Morgan fingerprint density at radius 2 is 1.82 bits per heavy atom. The van der Waals surface area contributed by atoms with Gasteiger partial charge in [-0.1, -0.05) is 25.7 Å². The van der Waals surface area contributed by atoms with Gasteiger partial charge in [0.15, 0.2) is 0 Å². The average Bonchev–Trinajstić information content (AvgIpc) is 2.22. The van der Waals surface area contributed by atoms with Gasteiger partial charge in [0.25, 0.3) is 0 Å². The summed E-state index contributed by atoms with van der Waals surface area (Å²) < 4.78 is 5.10. The van der Waals surface area contributed by atoms with Crippen LogP contribution in [0, 0.1) is 5.92 Å². The second-order valence-electron chi connectivity index (χ2n) is 4.66. The molecule has 1 rings (SSSR count). The second-order valence-corrected chi connectivity index (χ2v) is 4.66. The summed E-state index contributed by atoms with van der Waals surface area (Å²) in [6.07, 6.45) is 6.17. The fraction of sp³-hybridized carbons (Fsp3) is 0.846. The van der Waals surface area contributed by atoms with Crippen LogP contribution in [0.4, 0.5) is 0 Å². The molecule has 1 saturated carbocycles. The molecular weight excluding hydrogens is 218 g/mol. The monoisotopic (exact) mass is 241 g/mol. The van der Waals surface area contributed by atoms with E-state index in [4.69, 9.17) is 4.74 Å². The van der Waals surface area contributed by atoms with Crippen molar-refractivity contribution in [1.82, 2.24) is 5.32 Å². The van der Waals surface area contributed by atoms with E-state index in [-0.39, 0.29) is 23.8 Å². The summed E-state index contributed by atoms with van der Waals surface area (Å²) in [6.45, 7) is 3.72. The Labute approximate surface area is 103 Å². The summed E-state index contributed by atoms with van der Waals surface area (Å²) in [5.74, 6) is -0.392. The molecule has 0 saturated heterocycles. The van der Waals surface area contributed by atoms with E-state index in [1.54, 1.807) is 0 Å². The lowest BCUT2D eigenvalue weighted by atomic mass is 9.86. The molecule has 4 nitrogen and oxygen atoms in total. The maximum Gasteiger partial charge on any atom is 0.311 e. The maximum absolute atomic E-state index is 11.9. The summed E-state index contributed by atoms with van der Waals surface area (Å²) >= 11 is 0. The van der Waals surface area contributed by atoms with Crippen LogP contribution < -0.4 is 5.32 Å². The van der Waals surface area contributed by atoms with Crippen molar-refractivity contribution in [2.75, 3.05) is 6.61 Å². The van der Waals surface area contributed by atoms with Crippen LogP contribution in [0.1, 0.15) is 52.4 Å². The number of carbonyl (C=O) groups is 2. The molecule has 2 atom stereocenters. The number of esters is 1. The van der Waals surface area contributed by atoms with Crippen LogP contribution in [0.3, 0.4) is 0 Å². The number of hydrogen-bond donors (Lipinski definition) is 1. The summed E-state index contributed by atoms with van der Waals surface area (Å²) in [5, 5.41) is 2.90. The molecular formula is C13H23NO3. The predicted molar refractivity (Wildman–Crippen MR) is 65.4 cm³/mol. The average molecular weight is 241 g/mol. The number of hydrogen-bond acceptors (Lipinski definition) is 3. The van der Waals surface area contributed by atoms with E-state index in [2.05, 4.69) is 5.32 Å². The van der Waals surface area contributed by atoms with Crippen molar-refractivity contribution in [3.8, 4) is 0 Å². The zero-order chi connectivity index (χ0) is 12.7. The van der Waals surface area contributed by atoms with E-state index in [1.165, 1.54) is 19.8 Å². The van der Waals surface area contributed by atoms with Gasteiger partial charge in [-0.05, 0) is 19.8 Å². The van der Waals surface area contributed by atoms with E-state index in [0.717, 1.165) is 25.7 Å². The molecule has 0 radical (unpaired) electrons. The van der Waals surface area contributed by atoms with Crippen molar-refractivity contribution in [3.63, 3.8) is 0 Å². The molecule has 0 aromatic heterocycles. The predicted octanol–water partition coefficient (Wildman–Crippen LogP) is 2.02. The highest BCUT2D eigenvalue weighted by Gasteiger charge is 2.30. The lowest BCUT2D eigenvalue weighted by molar-refractivity contribution is -0.149. The van der Waals surface area contributed by atoms with Crippen LogP contribution in [0.15, 0.2) is 0 Å². The van der Waals surface area contributed by atoms with E-state index in [9.17, 15) is 9.59 Å². The highest BCUT2D eigenvalue weighted by Crippen LogP contribution is 2.24. The first kappa shape index (κ1) is 14.0. The number of rotatable bonds is 3. The van der Waals surface area contributed by atoms with Gasteiger partial charge in [-0.15, -0.1) is 0 Å². The lowest BCUT2D eigenvalue weighted by Gasteiger charge is -2.28. The second kappa shape index (κ2) is 7.30. The fourth-order valence-electron chi connectivity index (χ4n) is 2.45. The highest BCUT2D eigenvalue weighted by atomic mass is 16.5. The van der Waals surface area contributed by atoms with Crippen molar-refractivity contribution in [2.24, 2.45) is 5.92 Å². The third-order valence-electron chi connectivity index (χ3n) is 3.24. The van der Waals surface area contributed by atoms with Gasteiger partial charge in [-0.3, -0.25) is 9.59 Å². The molecule has 1 fully saturated rings. The minimum absolute atomic E-state index is 0.0492. The van der Waals surface area contributed by atoms with Gasteiger partial charge in [0.2, 0.25) is 5.91 Å². The van der Waals surface area contributed by atoms with Gasteiger partial charge < -0.3 is 10.1 Å². The van der Waals surface area contributed by atoms with Gasteiger partial charge in [-0.25, -0.2) is 0 Å². The third-order valence-corrected chi connectivity index (χ3v) is 3.24. The molecule has 0 heterocycles. The van der Waals surface area contributed by atoms with E-state index in [0.29, 0.717) is 6.61 Å². The molecule has 0 aromatic carbocycles. The van der Waals surface area contributed by atoms with Crippen LogP contribution in [0.5, 0.6) is 0 Å². The molecule has 0 bridgehead atoms. The standard InChI is InChI=1S/C13H23NO3/c1-3-17-13(16)11-8-6-4-5-7-9-12(11)14-10(2)15/h11-12H,3-9H2,1-2H3,(H,14,15). The topological polar surface area (TPSA) is 55.4 Å². The Balaban J connectivity index is 2.67. The Hall–Kier alpha value is -1.06. The first-order valence-electron chi connectivity index (χ1n) is 6.59. The van der Waals surface area contributed by atoms with Crippen molar-refractivity contribution in [2.45, 2.75) is 58.4 Å². The first-order chi connectivity index (χ1) is 8.15. The Bertz CT molecular complexity index is 265.